The van der Waals surface area contributed by atoms with Gasteiger partial charge in [0.1, 0.15) is 6.10 Å². The second-order valence-electron chi connectivity index (χ2n) is 14.9. The van der Waals surface area contributed by atoms with Crippen molar-refractivity contribution in [1.29, 1.82) is 0 Å². The molecule has 3 amide bonds. The van der Waals surface area contributed by atoms with E-state index in [2.05, 4.69) is 5.32 Å². The highest BCUT2D eigenvalue weighted by Gasteiger charge is 2.37. The van der Waals surface area contributed by atoms with Gasteiger partial charge in [-0.05, 0) is 80.1 Å². The van der Waals surface area contributed by atoms with E-state index in [1.807, 2.05) is 48.5 Å². The maximum atomic E-state index is 12.3. The lowest BCUT2D eigenvalue weighted by atomic mass is 10.1. The fourth-order valence-corrected chi connectivity index (χ4v) is 5.06. The third-order valence-electron chi connectivity index (χ3n) is 9.40. The van der Waals surface area contributed by atoms with Crippen molar-refractivity contribution >= 4 is 17.7 Å². The van der Waals surface area contributed by atoms with Crippen LogP contribution in [0.1, 0.15) is 99.8 Å². The molecule has 0 aromatic heterocycles. The molecule has 1 N–H and O–H groups in total. The molecule has 1 saturated heterocycles. The third kappa shape index (κ3) is 24.4. The van der Waals surface area contributed by atoms with Crippen molar-refractivity contribution in [1.82, 2.24) is 10.2 Å². The highest BCUT2D eigenvalue weighted by Crippen LogP contribution is 2.22. The van der Waals surface area contributed by atoms with Crippen molar-refractivity contribution in [3.05, 3.63) is 0 Å². The van der Waals surface area contributed by atoms with Gasteiger partial charge in [-0.15, -0.1) is 0 Å². The molecule has 0 radical (unpaired) electrons. The quantitative estimate of drug-likeness (QED) is 0.0723. The Labute approximate surface area is 319 Å². The largest absolute Gasteiger partial charge is 0.379 e. The van der Waals surface area contributed by atoms with Crippen LogP contribution < -0.4 is 5.32 Å². The van der Waals surface area contributed by atoms with E-state index in [1.165, 1.54) is 4.90 Å². The number of hydrogen-bond donors (Lipinski definition) is 1. The zero-order valence-electron chi connectivity index (χ0n) is 34.5. The Morgan fingerprint density at radius 1 is 0.755 bits per heavy atom. The molecule has 4 unspecified atom stereocenters. The second-order valence-corrected chi connectivity index (χ2v) is 14.9. The van der Waals surface area contributed by atoms with Gasteiger partial charge in [-0.2, -0.15) is 0 Å². The fraction of sp³-hybridized carbons (Fsp3) is 0.923. The minimum atomic E-state index is -0.299. The first-order valence-electron chi connectivity index (χ1n) is 19.6. The van der Waals surface area contributed by atoms with E-state index < -0.39 is 0 Å². The van der Waals surface area contributed by atoms with Gasteiger partial charge in [-0.1, -0.05) is 6.92 Å². The van der Waals surface area contributed by atoms with Gasteiger partial charge < -0.3 is 47.9 Å². The van der Waals surface area contributed by atoms with Crippen LogP contribution >= 0.6 is 0 Å². The molecule has 0 aromatic rings. The summed E-state index contributed by atoms with van der Waals surface area (Å²) in [4.78, 5) is 37.8. The molecule has 1 aliphatic rings. The van der Waals surface area contributed by atoms with Crippen LogP contribution in [0.4, 0.5) is 0 Å². The fourth-order valence-electron chi connectivity index (χ4n) is 5.06. The van der Waals surface area contributed by atoms with Crippen molar-refractivity contribution in [3.8, 4) is 0 Å². The van der Waals surface area contributed by atoms with E-state index in [0.717, 1.165) is 25.7 Å². The summed E-state index contributed by atoms with van der Waals surface area (Å²) in [6.07, 6.45) is 4.66. The Hall–Kier alpha value is -1.75. The Balaban J connectivity index is 2.32. The number of rotatable bonds is 35. The number of likely N-dealkylation sites (tertiary alicyclic amines) is 1. The molecular weight excluding hydrogens is 688 g/mol. The molecule has 14 heteroatoms. The summed E-state index contributed by atoms with van der Waals surface area (Å²) in [5.74, 6) is -0.837. The number of imide groups is 1. The number of hydrogen-bond acceptors (Lipinski definition) is 12. The number of carbonyl (C=O) groups is 3. The highest BCUT2D eigenvalue weighted by molar-refractivity contribution is 6.03. The molecule has 0 bridgehead atoms. The monoisotopic (exact) mass is 763 g/mol. The van der Waals surface area contributed by atoms with Crippen molar-refractivity contribution in [2.24, 2.45) is 5.92 Å². The number of carbonyl (C=O) groups excluding carboxylic acids is 3. The van der Waals surface area contributed by atoms with E-state index in [0.29, 0.717) is 92.1 Å². The maximum absolute atomic E-state index is 12.3. The summed E-state index contributed by atoms with van der Waals surface area (Å²) >= 11 is 0. The van der Waals surface area contributed by atoms with Crippen molar-refractivity contribution < 1.29 is 57.0 Å². The SMILES string of the molecule is CCC1CC(=O)N(CCC(=O)NCCCOCC(COCCOCCC(C)OCCC(C)(C)OC)OCCOCCC(C)OCCC(C)(C)OC)C1=O. The molecule has 4 atom stereocenters. The Kier molecular flexibility index (Phi) is 26.6. The van der Waals surface area contributed by atoms with Crippen LogP contribution in [0.25, 0.3) is 0 Å². The Morgan fingerprint density at radius 3 is 1.81 bits per heavy atom. The average molecular weight is 763 g/mol. The molecule has 312 valence electrons. The van der Waals surface area contributed by atoms with Gasteiger partial charge in [-0.25, -0.2) is 0 Å². The zero-order chi connectivity index (χ0) is 39.5. The molecule has 53 heavy (non-hydrogen) atoms. The summed E-state index contributed by atoms with van der Waals surface area (Å²) in [7, 11) is 3.42. The number of ether oxygens (including phenoxy) is 9. The number of nitrogens with one attached hydrogen (secondary N) is 1. The molecule has 0 aliphatic carbocycles. The molecule has 1 rings (SSSR count). The molecule has 1 heterocycles. The van der Waals surface area contributed by atoms with Crippen LogP contribution in [0.15, 0.2) is 0 Å². The van der Waals surface area contributed by atoms with Gasteiger partial charge in [0, 0.05) is 79.1 Å². The van der Waals surface area contributed by atoms with Gasteiger partial charge in [0.25, 0.3) is 0 Å². The molecule has 1 aliphatic heterocycles. The zero-order valence-corrected chi connectivity index (χ0v) is 34.5. The number of amides is 3. The van der Waals surface area contributed by atoms with E-state index in [-0.39, 0.29) is 72.5 Å². The van der Waals surface area contributed by atoms with Crippen molar-refractivity contribution in [3.63, 3.8) is 0 Å². The maximum Gasteiger partial charge on any atom is 0.232 e. The van der Waals surface area contributed by atoms with Gasteiger partial charge >= 0.3 is 0 Å². The van der Waals surface area contributed by atoms with Crippen molar-refractivity contribution in [2.75, 3.05) is 100.0 Å². The Bertz CT molecular complexity index is 982. The summed E-state index contributed by atoms with van der Waals surface area (Å²) in [5, 5.41) is 2.83. The minimum Gasteiger partial charge on any atom is -0.379 e. The minimum absolute atomic E-state index is 0.0844. The number of methoxy groups -OCH3 is 2. The summed E-state index contributed by atoms with van der Waals surface area (Å²) in [6.45, 7) is 19.9. The summed E-state index contributed by atoms with van der Waals surface area (Å²) in [6, 6.07) is 0. The second kappa shape index (κ2) is 28.6. The lowest BCUT2D eigenvalue weighted by Gasteiger charge is -2.23. The van der Waals surface area contributed by atoms with Crippen LogP contribution in [0.3, 0.4) is 0 Å². The van der Waals surface area contributed by atoms with E-state index in [4.69, 9.17) is 42.6 Å². The van der Waals surface area contributed by atoms with Gasteiger partial charge in [0.05, 0.1) is 63.1 Å². The highest BCUT2D eigenvalue weighted by atomic mass is 16.6. The van der Waals surface area contributed by atoms with Crippen LogP contribution in [0, 0.1) is 5.92 Å². The van der Waals surface area contributed by atoms with E-state index in [1.54, 1.807) is 14.2 Å². The predicted octanol–water partition coefficient (Wildman–Crippen LogP) is 4.34. The van der Waals surface area contributed by atoms with Crippen LogP contribution in [-0.2, 0) is 57.0 Å². The molecule has 0 saturated carbocycles. The lowest BCUT2D eigenvalue weighted by Crippen LogP contribution is -2.35. The predicted molar refractivity (Wildman–Crippen MR) is 202 cm³/mol. The first-order valence-corrected chi connectivity index (χ1v) is 19.6. The van der Waals surface area contributed by atoms with E-state index in [9.17, 15) is 14.4 Å². The first kappa shape index (κ1) is 49.3. The topological polar surface area (TPSA) is 150 Å². The van der Waals surface area contributed by atoms with Gasteiger partial charge in [-0.3, -0.25) is 19.3 Å². The van der Waals surface area contributed by atoms with Crippen LogP contribution in [0.5, 0.6) is 0 Å². The van der Waals surface area contributed by atoms with E-state index >= 15 is 0 Å². The molecule has 0 spiro atoms. The van der Waals surface area contributed by atoms with Crippen molar-refractivity contribution in [2.45, 2.75) is 129 Å². The van der Waals surface area contributed by atoms with Gasteiger partial charge in [0.15, 0.2) is 0 Å². The standard InChI is InChI=1S/C39H74N2O12/c1-10-33-28-36(43)41(37(33)44)18-12-35(42)40-17-11-19-49-29-34(53-27-26-48-21-14-32(3)52-23-16-39(6,7)46-9)30-50-25-24-47-20-13-31(2)51-22-15-38(4,5)45-8/h31-34H,10-30H2,1-9H3,(H,40,42). The third-order valence-corrected chi connectivity index (χ3v) is 9.40. The Morgan fingerprint density at radius 2 is 1.28 bits per heavy atom. The van der Waals surface area contributed by atoms with Crippen LogP contribution in [0.2, 0.25) is 0 Å². The average Bonchev–Trinajstić information content (AvgIpc) is 3.40. The lowest BCUT2D eigenvalue weighted by molar-refractivity contribution is -0.139. The number of nitrogens with zero attached hydrogens (tertiary/aromatic N) is 1. The first-order chi connectivity index (χ1) is 25.2. The van der Waals surface area contributed by atoms with Crippen LogP contribution in [-0.4, -0.2) is 152 Å². The van der Waals surface area contributed by atoms with Gasteiger partial charge in [0.2, 0.25) is 17.7 Å². The normalized spacial score (nSPS) is 17.1. The molecule has 0 aromatic carbocycles. The molecular formula is C39H74N2O12. The summed E-state index contributed by atoms with van der Waals surface area (Å²) in [5.41, 5.74) is -0.392. The molecule has 14 nitrogen and oxygen atoms in total. The smallest absolute Gasteiger partial charge is 0.232 e. The molecule has 1 fully saturated rings. The summed E-state index contributed by atoms with van der Waals surface area (Å²) < 4.78 is 51.9.